The van der Waals surface area contributed by atoms with Gasteiger partial charge < -0.3 is 15.4 Å². The SMILES string of the molecule is CC(NC(=O)[C@H]1NCCO[C@@H]1C)c1ccc(-c2ccncc2)cc1.Cl.Cl. The number of pyridine rings is 1. The van der Waals surface area contributed by atoms with E-state index in [0.29, 0.717) is 13.2 Å². The van der Waals surface area contributed by atoms with Crippen molar-refractivity contribution in [2.75, 3.05) is 13.2 Å². The van der Waals surface area contributed by atoms with Gasteiger partial charge in [-0.3, -0.25) is 9.78 Å². The minimum Gasteiger partial charge on any atom is -0.375 e. The normalized spacial score (nSPS) is 20.2. The summed E-state index contributed by atoms with van der Waals surface area (Å²) in [6.07, 6.45) is 3.46. The van der Waals surface area contributed by atoms with Gasteiger partial charge in [-0.2, -0.15) is 0 Å². The molecule has 0 saturated carbocycles. The zero-order valence-electron chi connectivity index (χ0n) is 14.8. The Kier molecular flexibility index (Phi) is 9.02. The first-order valence-electron chi connectivity index (χ1n) is 8.31. The number of nitrogens with zero attached hydrogens (tertiary/aromatic N) is 1. The summed E-state index contributed by atoms with van der Waals surface area (Å²) in [6, 6.07) is 11.9. The second-order valence-corrected chi connectivity index (χ2v) is 6.10. The summed E-state index contributed by atoms with van der Waals surface area (Å²) in [6.45, 7) is 5.27. The fourth-order valence-electron chi connectivity index (χ4n) is 2.92. The molecule has 1 aromatic carbocycles. The summed E-state index contributed by atoms with van der Waals surface area (Å²) < 4.78 is 5.54. The number of amides is 1. The molecule has 7 heteroatoms. The van der Waals surface area contributed by atoms with E-state index in [0.717, 1.165) is 16.7 Å². The van der Waals surface area contributed by atoms with E-state index >= 15 is 0 Å². The third kappa shape index (κ3) is 5.42. The van der Waals surface area contributed by atoms with Gasteiger partial charge >= 0.3 is 0 Å². The number of morpholine rings is 1. The lowest BCUT2D eigenvalue weighted by Crippen LogP contribution is -2.55. The number of ether oxygens (including phenoxy) is 1. The number of carbonyl (C=O) groups excluding carboxylic acids is 1. The largest absolute Gasteiger partial charge is 0.375 e. The van der Waals surface area contributed by atoms with Gasteiger partial charge in [-0.15, -0.1) is 24.8 Å². The molecule has 0 bridgehead atoms. The van der Waals surface area contributed by atoms with Crippen LogP contribution in [0.15, 0.2) is 48.8 Å². The van der Waals surface area contributed by atoms with Crippen molar-refractivity contribution in [1.82, 2.24) is 15.6 Å². The van der Waals surface area contributed by atoms with Gasteiger partial charge in [-0.25, -0.2) is 0 Å². The van der Waals surface area contributed by atoms with Crippen molar-refractivity contribution < 1.29 is 9.53 Å². The Morgan fingerprint density at radius 1 is 1.15 bits per heavy atom. The zero-order valence-corrected chi connectivity index (χ0v) is 16.5. The molecule has 26 heavy (non-hydrogen) atoms. The van der Waals surface area contributed by atoms with Crippen LogP contribution in [0.3, 0.4) is 0 Å². The number of hydrogen-bond acceptors (Lipinski definition) is 4. The quantitative estimate of drug-likeness (QED) is 0.831. The molecule has 2 N–H and O–H groups in total. The van der Waals surface area contributed by atoms with Crippen LogP contribution in [0.25, 0.3) is 11.1 Å². The van der Waals surface area contributed by atoms with Crippen LogP contribution in [-0.2, 0) is 9.53 Å². The molecule has 3 rings (SSSR count). The summed E-state index contributed by atoms with van der Waals surface area (Å²) in [7, 11) is 0. The number of rotatable bonds is 4. The Balaban J connectivity index is 0.00000169. The van der Waals surface area contributed by atoms with Crippen LogP contribution in [0.5, 0.6) is 0 Å². The molecule has 1 aliphatic rings. The first kappa shape index (κ1) is 22.4. The Morgan fingerprint density at radius 3 is 2.38 bits per heavy atom. The third-order valence-corrected chi connectivity index (χ3v) is 4.38. The fourth-order valence-corrected chi connectivity index (χ4v) is 2.92. The fraction of sp³-hybridized carbons (Fsp3) is 0.368. The van der Waals surface area contributed by atoms with Crippen LogP contribution in [0, 0.1) is 0 Å². The van der Waals surface area contributed by atoms with Crippen LogP contribution in [0.1, 0.15) is 25.5 Å². The molecule has 5 nitrogen and oxygen atoms in total. The number of nitrogens with one attached hydrogen (secondary N) is 2. The molecule has 1 aromatic heterocycles. The van der Waals surface area contributed by atoms with Gasteiger partial charge in [0.15, 0.2) is 0 Å². The number of hydrogen-bond donors (Lipinski definition) is 2. The Bertz CT molecular complexity index is 683. The molecule has 1 fully saturated rings. The summed E-state index contributed by atoms with van der Waals surface area (Å²) >= 11 is 0. The van der Waals surface area contributed by atoms with E-state index in [4.69, 9.17) is 4.74 Å². The van der Waals surface area contributed by atoms with Gasteiger partial charge in [-0.05, 0) is 42.7 Å². The lowest BCUT2D eigenvalue weighted by Gasteiger charge is -2.30. The van der Waals surface area contributed by atoms with Crippen molar-refractivity contribution >= 4 is 30.7 Å². The highest BCUT2D eigenvalue weighted by molar-refractivity contribution is 5.85. The van der Waals surface area contributed by atoms with E-state index in [1.807, 2.05) is 26.0 Å². The van der Waals surface area contributed by atoms with Crippen molar-refractivity contribution in [3.63, 3.8) is 0 Å². The molecule has 1 unspecified atom stereocenters. The smallest absolute Gasteiger partial charge is 0.240 e. The lowest BCUT2D eigenvalue weighted by molar-refractivity contribution is -0.129. The van der Waals surface area contributed by atoms with Gasteiger partial charge in [0.25, 0.3) is 0 Å². The average Bonchev–Trinajstić information content (AvgIpc) is 2.63. The molecule has 142 valence electrons. The molecule has 2 heterocycles. The van der Waals surface area contributed by atoms with Crippen LogP contribution < -0.4 is 10.6 Å². The van der Waals surface area contributed by atoms with E-state index in [-0.39, 0.29) is 48.9 Å². The van der Waals surface area contributed by atoms with E-state index in [1.165, 1.54) is 0 Å². The van der Waals surface area contributed by atoms with E-state index in [1.54, 1.807) is 12.4 Å². The maximum Gasteiger partial charge on any atom is 0.240 e. The Labute approximate surface area is 166 Å². The maximum atomic E-state index is 12.4. The Hall–Kier alpha value is -1.66. The molecule has 0 aliphatic carbocycles. The van der Waals surface area contributed by atoms with Crippen LogP contribution in [-0.4, -0.2) is 36.2 Å². The molecule has 1 amide bonds. The highest BCUT2D eigenvalue weighted by atomic mass is 35.5. The maximum absolute atomic E-state index is 12.4. The van der Waals surface area contributed by atoms with Gasteiger partial charge in [0.2, 0.25) is 5.91 Å². The zero-order chi connectivity index (χ0) is 16.9. The number of halogens is 2. The van der Waals surface area contributed by atoms with E-state index in [2.05, 4.69) is 39.9 Å². The molecule has 1 aliphatic heterocycles. The summed E-state index contributed by atoms with van der Waals surface area (Å²) in [5, 5.41) is 6.28. The second kappa shape index (κ2) is 10.5. The minimum absolute atomic E-state index is 0. The predicted octanol–water partition coefficient (Wildman–Crippen LogP) is 3.15. The highest BCUT2D eigenvalue weighted by Gasteiger charge is 2.29. The van der Waals surface area contributed by atoms with Crippen molar-refractivity contribution in [3.8, 4) is 11.1 Å². The van der Waals surface area contributed by atoms with Gasteiger partial charge in [0, 0.05) is 18.9 Å². The monoisotopic (exact) mass is 397 g/mol. The molecule has 1 saturated heterocycles. The molecule has 0 spiro atoms. The summed E-state index contributed by atoms with van der Waals surface area (Å²) in [5.74, 6) is -0.0205. The van der Waals surface area contributed by atoms with E-state index in [9.17, 15) is 4.79 Å². The molecular formula is C19H25Cl2N3O2. The minimum atomic E-state index is -0.294. The van der Waals surface area contributed by atoms with Crippen LogP contribution in [0.2, 0.25) is 0 Å². The molecular weight excluding hydrogens is 373 g/mol. The molecule has 3 atom stereocenters. The van der Waals surface area contributed by atoms with Crippen molar-refractivity contribution in [1.29, 1.82) is 0 Å². The molecule has 0 radical (unpaired) electrons. The second-order valence-electron chi connectivity index (χ2n) is 6.10. The third-order valence-electron chi connectivity index (χ3n) is 4.38. The standard InChI is InChI=1S/C19H23N3O2.2ClH/c1-13(22-19(23)18-14(2)24-12-11-21-18)15-3-5-16(6-4-15)17-7-9-20-10-8-17;;/h3-10,13-14,18,21H,11-12H2,1-2H3,(H,22,23);2*1H/t13?,14-,18+;;/m1../s1. The van der Waals surface area contributed by atoms with Gasteiger partial charge in [0.1, 0.15) is 6.04 Å². The van der Waals surface area contributed by atoms with Gasteiger partial charge in [-0.1, -0.05) is 24.3 Å². The first-order valence-corrected chi connectivity index (χ1v) is 8.31. The Morgan fingerprint density at radius 2 is 1.77 bits per heavy atom. The highest BCUT2D eigenvalue weighted by Crippen LogP contribution is 2.21. The number of aromatic nitrogens is 1. The summed E-state index contributed by atoms with van der Waals surface area (Å²) in [5.41, 5.74) is 3.34. The number of carbonyl (C=O) groups is 1. The topological polar surface area (TPSA) is 63.2 Å². The average molecular weight is 398 g/mol. The van der Waals surface area contributed by atoms with Crippen molar-refractivity contribution in [2.24, 2.45) is 0 Å². The summed E-state index contributed by atoms with van der Waals surface area (Å²) in [4.78, 5) is 16.5. The van der Waals surface area contributed by atoms with Crippen LogP contribution >= 0.6 is 24.8 Å². The number of benzene rings is 1. The van der Waals surface area contributed by atoms with Crippen LogP contribution in [0.4, 0.5) is 0 Å². The predicted molar refractivity (Wildman–Crippen MR) is 108 cm³/mol. The van der Waals surface area contributed by atoms with Crippen molar-refractivity contribution in [3.05, 3.63) is 54.4 Å². The van der Waals surface area contributed by atoms with E-state index < -0.39 is 0 Å². The molecule has 2 aromatic rings. The first-order chi connectivity index (χ1) is 11.6. The van der Waals surface area contributed by atoms with Gasteiger partial charge in [0.05, 0.1) is 18.8 Å². The lowest BCUT2D eigenvalue weighted by atomic mass is 10.0. The van der Waals surface area contributed by atoms with Crippen molar-refractivity contribution in [2.45, 2.75) is 32.0 Å².